The second kappa shape index (κ2) is 14.8. The molecule has 4 atom stereocenters. The minimum Gasteiger partial charge on any atom is -0.508 e. The molecule has 0 radical (unpaired) electrons. The summed E-state index contributed by atoms with van der Waals surface area (Å²) in [6, 6.07) is 0.595. The van der Waals surface area contributed by atoms with Crippen molar-refractivity contribution in [3.05, 3.63) is 29.8 Å². The van der Waals surface area contributed by atoms with E-state index in [0.717, 1.165) is 0 Å². The van der Waals surface area contributed by atoms with E-state index in [1.165, 1.54) is 23.9 Å². The molecule has 0 aliphatic heterocycles. The fourth-order valence-corrected chi connectivity index (χ4v) is 3.35. The fraction of sp³-hybridized carbons (Fsp3) is 0.476. The van der Waals surface area contributed by atoms with E-state index in [0.29, 0.717) is 11.3 Å². The molecule has 0 saturated heterocycles. The van der Waals surface area contributed by atoms with Crippen LogP contribution < -0.4 is 21.7 Å². The Hall–Kier alpha value is -3.36. The molecule has 0 aromatic heterocycles. The second-order valence-electron chi connectivity index (χ2n) is 7.56. The summed E-state index contributed by atoms with van der Waals surface area (Å²) in [5, 5.41) is 43.4. The summed E-state index contributed by atoms with van der Waals surface area (Å²) >= 11 is 1.40. The Bertz CT molecular complexity index is 897. The summed E-state index contributed by atoms with van der Waals surface area (Å²) in [6.07, 6.45) is 1.18. The largest absolute Gasteiger partial charge is 0.508 e. The van der Waals surface area contributed by atoms with Crippen LogP contribution in [-0.2, 0) is 30.4 Å². The third kappa shape index (κ3) is 10.6. The van der Waals surface area contributed by atoms with E-state index in [4.69, 9.17) is 15.9 Å². The van der Waals surface area contributed by atoms with Crippen molar-refractivity contribution in [3.63, 3.8) is 0 Å². The number of amides is 3. The summed E-state index contributed by atoms with van der Waals surface area (Å²) in [5.41, 5.74) is 6.63. The molecular formula is C21H30N4O9S. The lowest BCUT2D eigenvalue weighted by Crippen LogP contribution is -2.58. The molecule has 0 aliphatic rings. The van der Waals surface area contributed by atoms with Gasteiger partial charge < -0.3 is 42.1 Å². The highest BCUT2D eigenvalue weighted by Gasteiger charge is 2.30. The zero-order valence-corrected chi connectivity index (χ0v) is 19.8. The smallest absolute Gasteiger partial charge is 0.326 e. The third-order valence-corrected chi connectivity index (χ3v) is 5.43. The number of aliphatic hydroxyl groups excluding tert-OH is 1. The number of rotatable bonds is 15. The molecule has 0 spiro atoms. The van der Waals surface area contributed by atoms with E-state index in [9.17, 15) is 34.2 Å². The van der Waals surface area contributed by atoms with E-state index in [-0.39, 0.29) is 18.6 Å². The molecule has 9 N–H and O–H groups in total. The lowest BCUT2D eigenvalue weighted by Gasteiger charge is -2.24. The standard InChI is InChI=1S/C21H30N4O9S/c1-35-7-6-14(23-18(30)13(22)8-11-2-4-12(27)5-3-11)19(31)25-16(10-26)20(32)24-15(21(33)34)9-17(28)29/h2-5,13-16,26-27H,6-10,22H2,1H3,(H,23,30)(H,24,32)(H,25,31)(H,28,29)(H,33,34). The quantitative estimate of drug-likeness (QED) is 0.128. The molecule has 35 heavy (non-hydrogen) atoms. The molecule has 1 rings (SSSR count). The summed E-state index contributed by atoms with van der Waals surface area (Å²) < 4.78 is 0. The highest BCUT2D eigenvalue weighted by Crippen LogP contribution is 2.11. The van der Waals surface area contributed by atoms with Crippen molar-refractivity contribution in [3.8, 4) is 5.75 Å². The van der Waals surface area contributed by atoms with Crippen LogP contribution in [0, 0.1) is 0 Å². The van der Waals surface area contributed by atoms with Crippen LogP contribution in [0.3, 0.4) is 0 Å². The second-order valence-corrected chi connectivity index (χ2v) is 8.55. The van der Waals surface area contributed by atoms with Gasteiger partial charge >= 0.3 is 11.9 Å². The molecule has 0 fully saturated rings. The number of nitrogens with one attached hydrogen (secondary N) is 3. The number of carboxylic acid groups (broad SMARTS) is 2. The van der Waals surface area contributed by atoms with Gasteiger partial charge in [0, 0.05) is 0 Å². The average molecular weight is 515 g/mol. The van der Waals surface area contributed by atoms with Crippen LogP contribution in [0.5, 0.6) is 5.75 Å². The van der Waals surface area contributed by atoms with Crippen LogP contribution in [0.2, 0.25) is 0 Å². The first-order valence-corrected chi connectivity index (χ1v) is 11.9. The van der Waals surface area contributed by atoms with Crippen molar-refractivity contribution in [1.82, 2.24) is 16.0 Å². The van der Waals surface area contributed by atoms with Crippen molar-refractivity contribution in [1.29, 1.82) is 0 Å². The van der Waals surface area contributed by atoms with E-state index in [2.05, 4.69) is 10.6 Å². The number of aliphatic carboxylic acids is 2. The van der Waals surface area contributed by atoms with Crippen LogP contribution in [0.1, 0.15) is 18.4 Å². The lowest BCUT2D eigenvalue weighted by atomic mass is 10.0. The number of nitrogens with two attached hydrogens (primary N) is 1. The number of hydrogen-bond acceptors (Lipinski definition) is 9. The fourth-order valence-electron chi connectivity index (χ4n) is 2.88. The van der Waals surface area contributed by atoms with Crippen molar-refractivity contribution in [2.75, 3.05) is 18.6 Å². The number of aliphatic hydroxyl groups is 1. The molecule has 14 heteroatoms. The van der Waals surface area contributed by atoms with Crippen LogP contribution in [0.15, 0.2) is 24.3 Å². The van der Waals surface area contributed by atoms with Gasteiger partial charge in [0.05, 0.1) is 19.1 Å². The highest BCUT2D eigenvalue weighted by molar-refractivity contribution is 7.98. The highest BCUT2D eigenvalue weighted by atomic mass is 32.2. The molecule has 1 aromatic carbocycles. The summed E-state index contributed by atoms with van der Waals surface area (Å²) in [5.74, 6) is -5.11. The molecule has 0 saturated carbocycles. The van der Waals surface area contributed by atoms with E-state index in [1.807, 2.05) is 5.32 Å². The first-order chi connectivity index (χ1) is 16.5. The number of carboxylic acids is 2. The maximum absolute atomic E-state index is 12.8. The van der Waals surface area contributed by atoms with Crippen molar-refractivity contribution in [2.24, 2.45) is 5.73 Å². The maximum Gasteiger partial charge on any atom is 0.326 e. The Morgan fingerprint density at radius 2 is 1.46 bits per heavy atom. The van der Waals surface area contributed by atoms with Gasteiger partial charge in [0.25, 0.3) is 0 Å². The van der Waals surface area contributed by atoms with Crippen LogP contribution >= 0.6 is 11.8 Å². The molecule has 4 unspecified atom stereocenters. The molecule has 0 bridgehead atoms. The SMILES string of the molecule is CSCCC(NC(=O)C(N)Cc1ccc(O)cc1)C(=O)NC(CO)C(=O)NC(CC(=O)O)C(=O)O. The van der Waals surface area contributed by atoms with Crippen molar-refractivity contribution in [2.45, 2.75) is 43.4 Å². The summed E-state index contributed by atoms with van der Waals surface area (Å²) in [4.78, 5) is 59.6. The van der Waals surface area contributed by atoms with Crippen LogP contribution in [0.25, 0.3) is 0 Å². The zero-order valence-electron chi connectivity index (χ0n) is 19.0. The normalized spacial score (nSPS) is 14.1. The monoisotopic (exact) mass is 514 g/mol. The van der Waals surface area contributed by atoms with Gasteiger partial charge in [-0.25, -0.2) is 4.79 Å². The number of aromatic hydroxyl groups is 1. The van der Waals surface area contributed by atoms with Gasteiger partial charge in [-0.1, -0.05) is 12.1 Å². The molecular weight excluding hydrogens is 484 g/mol. The Labute approximate surface area is 205 Å². The Morgan fingerprint density at radius 1 is 0.914 bits per heavy atom. The number of benzene rings is 1. The first-order valence-electron chi connectivity index (χ1n) is 10.5. The Balaban J connectivity index is 2.83. The molecule has 1 aromatic rings. The van der Waals surface area contributed by atoms with E-state index in [1.54, 1.807) is 18.4 Å². The van der Waals surface area contributed by atoms with Crippen molar-refractivity contribution >= 4 is 41.4 Å². The number of hydrogen-bond donors (Lipinski definition) is 8. The van der Waals surface area contributed by atoms with Gasteiger partial charge in [-0.2, -0.15) is 11.8 Å². The molecule has 13 nitrogen and oxygen atoms in total. The van der Waals surface area contributed by atoms with Gasteiger partial charge in [-0.15, -0.1) is 0 Å². The first kappa shape index (κ1) is 29.7. The van der Waals surface area contributed by atoms with Gasteiger partial charge in [0.15, 0.2) is 0 Å². The van der Waals surface area contributed by atoms with Gasteiger partial charge in [0.2, 0.25) is 17.7 Å². The van der Waals surface area contributed by atoms with Crippen molar-refractivity contribution < 1.29 is 44.4 Å². The van der Waals surface area contributed by atoms with Gasteiger partial charge in [-0.05, 0) is 42.5 Å². The Morgan fingerprint density at radius 3 is 1.97 bits per heavy atom. The molecule has 0 aliphatic carbocycles. The Kier molecular flexibility index (Phi) is 12.6. The summed E-state index contributed by atoms with van der Waals surface area (Å²) in [6.45, 7) is -0.902. The van der Waals surface area contributed by atoms with Gasteiger partial charge in [-0.3, -0.25) is 19.2 Å². The molecule has 3 amide bonds. The topological polar surface area (TPSA) is 228 Å². The van der Waals surface area contributed by atoms with Crippen LogP contribution in [0.4, 0.5) is 0 Å². The van der Waals surface area contributed by atoms with Gasteiger partial charge in [0.1, 0.15) is 23.9 Å². The third-order valence-electron chi connectivity index (χ3n) is 4.78. The average Bonchev–Trinajstić information content (AvgIpc) is 2.80. The van der Waals surface area contributed by atoms with Crippen LogP contribution in [-0.4, -0.2) is 92.9 Å². The van der Waals surface area contributed by atoms with E-state index < -0.39 is 66.9 Å². The number of thioether (sulfide) groups is 1. The number of phenols is 1. The minimum atomic E-state index is -1.77. The number of carbonyl (C=O) groups excluding carboxylic acids is 3. The predicted octanol–water partition coefficient (Wildman–Crippen LogP) is -1.98. The summed E-state index contributed by atoms with van der Waals surface area (Å²) in [7, 11) is 0. The number of phenolic OH excluding ortho intramolecular Hbond substituents is 1. The maximum atomic E-state index is 12.8. The molecule has 194 valence electrons. The number of carbonyl (C=O) groups is 5. The lowest BCUT2D eigenvalue weighted by molar-refractivity contribution is -0.147. The zero-order chi connectivity index (χ0) is 26.5. The predicted molar refractivity (Wildman–Crippen MR) is 126 cm³/mol. The molecule has 0 heterocycles. The van der Waals surface area contributed by atoms with E-state index >= 15 is 0 Å². The minimum absolute atomic E-state index is 0.0562.